The summed E-state index contributed by atoms with van der Waals surface area (Å²) in [5, 5.41) is 0. The molecule has 1 aliphatic rings. The number of allylic oxidation sites excluding steroid dienone is 3. The van der Waals surface area contributed by atoms with Crippen LogP contribution in [0.3, 0.4) is 0 Å². The number of ether oxygens (including phenoxy) is 1. The summed E-state index contributed by atoms with van der Waals surface area (Å²) in [6.45, 7) is 2.12. The van der Waals surface area contributed by atoms with E-state index in [1.165, 1.54) is 0 Å². The molecule has 2 heteroatoms. The molecule has 0 amide bonds. The van der Waals surface area contributed by atoms with Gasteiger partial charge >= 0.3 is 5.97 Å². The van der Waals surface area contributed by atoms with E-state index in [1.54, 1.807) is 0 Å². The third kappa shape index (κ3) is 4.26. The third-order valence-electron chi connectivity index (χ3n) is 2.18. The van der Waals surface area contributed by atoms with Crippen LogP contribution in [0.5, 0.6) is 0 Å². The van der Waals surface area contributed by atoms with Gasteiger partial charge in [0.15, 0.2) is 0 Å². The number of hydrogen-bond donors (Lipinski definition) is 0. The van der Waals surface area contributed by atoms with Crippen LogP contribution in [0.15, 0.2) is 24.0 Å². The van der Waals surface area contributed by atoms with Crippen molar-refractivity contribution in [1.29, 1.82) is 0 Å². The minimum atomic E-state index is -0.101. The van der Waals surface area contributed by atoms with Crippen molar-refractivity contribution >= 4 is 5.97 Å². The van der Waals surface area contributed by atoms with Crippen molar-refractivity contribution in [1.82, 2.24) is 0 Å². The van der Waals surface area contributed by atoms with Crippen LogP contribution < -0.4 is 0 Å². The normalized spacial score (nSPS) is 15.1. The number of carbonyl (C=O) groups is 1. The lowest BCUT2D eigenvalue weighted by atomic mass is 10.2. The molecule has 0 aliphatic heterocycles. The van der Waals surface area contributed by atoms with Gasteiger partial charge in [0.25, 0.3) is 0 Å². The molecule has 0 heterocycles. The molecule has 0 saturated carbocycles. The number of carbonyl (C=O) groups excluding carboxylic acids is 1. The molecule has 0 saturated heterocycles. The molecular formula is C12H18O2. The van der Waals surface area contributed by atoms with Crippen LogP contribution in [0, 0.1) is 0 Å². The van der Waals surface area contributed by atoms with Gasteiger partial charge in [-0.15, -0.1) is 0 Å². The van der Waals surface area contributed by atoms with Crippen molar-refractivity contribution in [2.45, 2.75) is 45.4 Å². The first kappa shape index (κ1) is 11.0. The summed E-state index contributed by atoms with van der Waals surface area (Å²) in [7, 11) is 0. The summed E-state index contributed by atoms with van der Waals surface area (Å²) in [5.74, 6) is 0.619. The molecule has 2 nitrogen and oxygen atoms in total. The molecule has 1 rings (SSSR count). The highest BCUT2D eigenvalue weighted by Crippen LogP contribution is 2.12. The monoisotopic (exact) mass is 194 g/mol. The molecule has 14 heavy (non-hydrogen) atoms. The minimum absolute atomic E-state index is 0.101. The van der Waals surface area contributed by atoms with E-state index in [4.69, 9.17) is 4.74 Å². The third-order valence-corrected chi connectivity index (χ3v) is 2.18. The van der Waals surface area contributed by atoms with Crippen LogP contribution in [-0.2, 0) is 9.53 Å². The predicted molar refractivity (Wildman–Crippen MR) is 56.7 cm³/mol. The van der Waals surface area contributed by atoms with Gasteiger partial charge in [-0.2, -0.15) is 0 Å². The number of rotatable bonds is 5. The molecule has 0 spiro atoms. The Kier molecular flexibility index (Phi) is 5.05. The molecule has 0 N–H and O–H groups in total. The van der Waals surface area contributed by atoms with E-state index in [2.05, 4.69) is 6.92 Å². The van der Waals surface area contributed by atoms with Crippen molar-refractivity contribution in [3.8, 4) is 0 Å². The van der Waals surface area contributed by atoms with Gasteiger partial charge in [0.05, 0.1) is 0 Å². The van der Waals surface area contributed by atoms with Crippen LogP contribution in [0.1, 0.15) is 45.4 Å². The second-order valence-electron chi connectivity index (χ2n) is 3.52. The van der Waals surface area contributed by atoms with E-state index in [0.717, 1.165) is 37.9 Å². The lowest BCUT2D eigenvalue weighted by molar-refractivity contribution is -0.139. The maximum Gasteiger partial charge on any atom is 0.311 e. The second kappa shape index (κ2) is 6.41. The van der Waals surface area contributed by atoms with Gasteiger partial charge in [-0.3, -0.25) is 4.79 Å². The van der Waals surface area contributed by atoms with Gasteiger partial charge in [0, 0.05) is 6.42 Å². The van der Waals surface area contributed by atoms with Gasteiger partial charge in [-0.1, -0.05) is 25.8 Å². The molecule has 0 atom stereocenters. The highest BCUT2D eigenvalue weighted by Gasteiger charge is 2.05. The Morgan fingerprint density at radius 2 is 2.29 bits per heavy atom. The summed E-state index contributed by atoms with van der Waals surface area (Å²) in [5.41, 5.74) is 0. The predicted octanol–water partition coefficient (Wildman–Crippen LogP) is 3.34. The molecule has 0 aromatic carbocycles. The first-order valence-electron chi connectivity index (χ1n) is 5.40. The maximum absolute atomic E-state index is 11.3. The van der Waals surface area contributed by atoms with E-state index in [0.29, 0.717) is 6.42 Å². The van der Waals surface area contributed by atoms with Crippen LogP contribution in [0.25, 0.3) is 0 Å². The average molecular weight is 194 g/mol. The molecule has 78 valence electrons. The SMILES string of the molecule is CCCCCC(=O)OC1=CCCC=C1. The Balaban J connectivity index is 2.19. The molecule has 0 bridgehead atoms. The van der Waals surface area contributed by atoms with E-state index in [1.807, 2.05) is 18.2 Å². The lowest BCUT2D eigenvalue weighted by Gasteiger charge is -2.07. The molecule has 0 aromatic rings. The summed E-state index contributed by atoms with van der Waals surface area (Å²) in [4.78, 5) is 11.3. The molecule has 0 radical (unpaired) electrons. The Labute approximate surface area is 85.6 Å². The molecule has 0 unspecified atom stereocenters. The van der Waals surface area contributed by atoms with E-state index >= 15 is 0 Å². The number of unbranched alkanes of at least 4 members (excludes halogenated alkanes) is 2. The van der Waals surface area contributed by atoms with Gasteiger partial charge < -0.3 is 4.74 Å². The highest BCUT2D eigenvalue weighted by molar-refractivity contribution is 5.70. The summed E-state index contributed by atoms with van der Waals surface area (Å²) < 4.78 is 5.17. The Bertz CT molecular complexity index is 239. The Morgan fingerprint density at radius 1 is 1.43 bits per heavy atom. The maximum atomic E-state index is 11.3. The zero-order chi connectivity index (χ0) is 10.2. The van der Waals surface area contributed by atoms with Crippen molar-refractivity contribution < 1.29 is 9.53 Å². The Morgan fingerprint density at radius 3 is 2.93 bits per heavy atom. The summed E-state index contributed by atoms with van der Waals surface area (Å²) in [6.07, 6.45) is 11.6. The smallest absolute Gasteiger partial charge is 0.311 e. The van der Waals surface area contributed by atoms with Crippen molar-refractivity contribution in [3.05, 3.63) is 24.0 Å². The van der Waals surface area contributed by atoms with E-state index < -0.39 is 0 Å². The number of esters is 1. The van der Waals surface area contributed by atoms with Gasteiger partial charge in [-0.25, -0.2) is 0 Å². The summed E-state index contributed by atoms with van der Waals surface area (Å²) in [6, 6.07) is 0. The first-order valence-corrected chi connectivity index (χ1v) is 5.40. The van der Waals surface area contributed by atoms with Gasteiger partial charge in [0.2, 0.25) is 0 Å². The largest absolute Gasteiger partial charge is 0.427 e. The first-order chi connectivity index (χ1) is 6.83. The quantitative estimate of drug-likeness (QED) is 0.495. The highest BCUT2D eigenvalue weighted by atomic mass is 16.5. The fourth-order valence-electron chi connectivity index (χ4n) is 1.37. The van der Waals surface area contributed by atoms with Crippen LogP contribution >= 0.6 is 0 Å². The fraction of sp³-hybridized carbons (Fsp3) is 0.583. The molecular weight excluding hydrogens is 176 g/mol. The van der Waals surface area contributed by atoms with Crippen LogP contribution in [0.4, 0.5) is 0 Å². The zero-order valence-corrected chi connectivity index (χ0v) is 8.79. The van der Waals surface area contributed by atoms with E-state index in [9.17, 15) is 4.79 Å². The molecule has 0 aromatic heterocycles. The van der Waals surface area contributed by atoms with Crippen LogP contribution in [0.2, 0.25) is 0 Å². The zero-order valence-electron chi connectivity index (χ0n) is 8.79. The second-order valence-corrected chi connectivity index (χ2v) is 3.52. The van der Waals surface area contributed by atoms with Crippen molar-refractivity contribution in [2.24, 2.45) is 0 Å². The average Bonchev–Trinajstić information content (AvgIpc) is 2.20. The standard InChI is InChI=1S/C12H18O2/c1-2-3-5-10-12(13)14-11-8-6-4-7-9-11/h6,8-9H,2-5,7,10H2,1H3. The van der Waals surface area contributed by atoms with Gasteiger partial charge in [-0.05, 0) is 31.4 Å². The van der Waals surface area contributed by atoms with Crippen molar-refractivity contribution in [2.75, 3.05) is 0 Å². The Hall–Kier alpha value is -1.05. The fourth-order valence-corrected chi connectivity index (χ4v) is 1.37. The van der Waals surface area contributed by atoms with Crippen LogP contribution in [-0.4, -0.2) is 5.97 Å². The summed E-state index contributed by atoms with van der Waals surface area (Å²) >= 11 is 0. The van der Waals surface area contributed by atoms with Gasteiger partial charge in [0.1, 0.15) is 5.76 Å². The minimum Gasteiger partial charge on any atom is -0.427 e. The number of hydrogen-bond acceptors (Lipinski definition) is 2. The van der Waals surface area contributed by atoms with Crippen molar-refractivity contribution in [3.63, 3.8) is 0 Å². The topological polar surface area (TPSA) is 26.3 Å². The molecule has 0 fully saturated rings. The molecule has 1 aliphatic carbocycles. The van der Waals surface area contributed by atoms with E-state index in [-0.39, 0.29) is 5.97 Å². The lowest BCUT2D eigenvalue weighted by Crippen LogP contribution is -2.04.